The zero-order valence-corrected chi connectivity index (χ0v) is 12.5. The number of carbonyl (C=O) groups excluding carboxylic acids is 1. The Balaban J connectivity index is 1.49. The second-order valence-corrected chi connectivity index (χ2v) is 8.13. The first-order chi connectivity index (χ1) is 9.73. The summed E-state index contributed by atoms with van der Waals surface area (Å²) in [6, 6.07) is 0. The van der Waals surface area contributed by atoms with Crippen LogP contribution in [0.15, 0.2) is 0 Å². The molecule has 1 heteroatoms. The van der Waals surface area contributed by atoms with Gasteiger partial charge in [0.25, 0.3) is 0 Å². The highest BCUT2D eigenvalue weighted by Crippen LogP contribution is 2.60. The number of hydrogen-bond donors (Lipinski definition) is 0. The fraction of sp³-hybridized carbons (Fsp3) is 0.842. The molecular formula is C19H26O. The predicted octanol–water partition coefficient (Wildman–Crippen LogP) is 4.36. The Morgan fingerprint density at radius 3 is 1.95 bits per heavy atom. The Bertz CT molecular complexity index is 423. The highest BCUT2D eigenvalue weighted by atomic mass is 16.1. The van der Waals surface area contributed by atoms with Gasteiger partial charge in [-0.25, -0.2) is 0 Å². The quantitative estimate of drug-likeness (QED) is 0.511. The predicted molar refractivity (Wildman–Crippen MR) is 80.0 cm³/mol. The third-order valence-corrected chi connectivity index (χ3v) is 6.51. The number of carbonyl (C=O) groups is 1. The van der Waals surface area contributed by atoms with Crippen molar-refractivity contribution in [2.75, 3.05) is 0 Å². The van der Waals surface area contributed by atoms with Crippen LogP contribution in [-0.4, -0.2) is 5.78 Å². The highest BCUT2D eigenvalue weighted by molar-refractivity contribution is 6.00. The minimum absolute atomic E-state index is 0.00355. The molecule has 1 nitrogen and oxygen atoms in total. The Kier molecular flexibility index (Phi) is 3.17. The molecule has 0 aromatic rings. The summed E-state index contributed by atoms with van der Waals surface area (Å²) >= 11 is 0. The lowest BCUT2D eigenvalue weighted by Crippen LogP contribution is -2.49. The summed E-state index contributed by atoms with van der Waals surface area (Å²) in [4.78, 5) is 12.8. The minimum Gasteiger partial charge on any atom is -0.284 e. The van der Waals surface area contributed by atoms with Crippen LogP contribution in [0.2, 0.25) is 0 Å². The van der Waals surface area contributed by atoms with Gasteiger partial charge in [-0.3, -0.25) is 4.79 Å². The lowest BCUT2D eigenvalue weighted by atomic mass is 9.48. The summed E-state index contributed by atoms with van der Waals surface area (Å²) in [7, 11) is 0. The van der Waals surface area contributed by atoms with Crippen molar-refractivity contribution < 1.29 is 4.79 Å². The van der Waals surface area contributed by atoms with E-state index in [1.54, 1.807) is 0 Å². The number of rotatable bonds is 1. The van der Waals surface area contributed by atoms with E-state index in [0.717, 1.165) is 37.0 Å². The van der Waals surface area contributed by atoms with Crippen LogP contribution in [0.3, 0.4) is 0 Å². The molecule has 0 spiro atoms. The summed E-state index contributed by atoms with van der Waals surface area (Å²) in [6.07, 6.45) is 14.1. The first kappa shape index (κ1) is 12.9. The third-order valence-electron chi connectivity index (χ3n) is 6.51. The molecule has 0 aliphatic heterocycles. The molecule has 5 rings (SSSR count). The summed E-state index contributed by atoms with van der Waals surface area (Å²) in [5, 5.41) is 0. The Morgan fingerprint density at radius 1 is 0.850 bits per heavy atom. The highest BCUT2D eigenvalue weighted by Gasteiger charge is 2.54. The van der Waals surface area contributed by atoms with Gasteiger partial charge in [0.1, 0.15) is 0 Å². The molecule has 5 aliphatic rings. The summed E-state index contributed by atoms with van der Waals surface area (Å²) < 4.78 is 0. The van der Waals surface area contributed by atoms with Crippen LogP contribution in [0.1, 0.15) is 70.6 Å². The molecule has 0 saturated heterocycles. The molecule has 0 atom stereocenters. The van der Waals surface area contributed by atoms with Gasteiger partial charge in [0.2, 0.25) is 5.78 Å². The van der Waals surface area contributed by atoms with Gasteiger partial charge in [-0.2, -0.15) is 0 Å². The molecule has 108 valence electrons. The lowest BCUT2D eigenvalue weighted by molar-refractivity contribution is -0.137. The third kappa shape index (κ3) is 2.22. The van der Waals surface area contributed by atoms with Crippen molar-refractivity contribution in [2.24, 2.45) is 29.1 Å². The van der Waals surface area contributed by atoms with E-state index >= 15 is 0 Å². The van der Waals surface area contributed by atoms with Crippen molar-refractivity contribution in [2.45, 2.75) is 70.6 Å². The van der Waals surface area contributed by atoms with Gasteiger partial charge in [-0.05, 0) is 75.0 Å². The van der Waals surface area contributed by atoms with Crippen molar-refractivity contribution in [1.82, 2.24) is 0 Å². The maximum atomic E-state index is 12.8. The van der Waals surface area contributed by atoms with Crippen molar-refractivity contribution in [3.63, 3.8) is 0 Å². The van der Waals surface area contributed by atoms with Crippen LogP contribution in [-0.2, 0) is 4.79 Å². The molecule has 20 heavy (non-hydrogen) atoms. The zero-order valence-electron chi connectivity index (χ0n) is 12.5. The van der Waals surface area contributed by atoms with Gasteiger partial charge in [0, 0.05) is 11.3 Å². The zero-order chi connectivity index (χ0) is 13.6. The first-order valence-electron chi connectivity index (χ1n) is 8.79. The molecule has 0 aromatic carbocycles. The molecule has 5 saturated carbocycles. The van der Waals surface area contributed by atoms with Crippen LogP contribution in [0.25, 0.3) is 0 Å². The molecule has 0 amide bonds. The number of Topliss-reactive ketones (excluding diaryl/α,β-unsaturated/α-hetero) is 1. The number of hydrogen-bond acceptors (Lipinski definition) is 1. The van der Waals surface area contributed by atoms with Gasteiger partial charge in [-0.15, -0.1) is 0 Å². The lowest BCUT2D eigenvalue weighted by Gasteiger charge is -2.55. The Labute approximate surface area is 122 Å². The Hall–Kier alpha value is -0.770. The molecule has 0 aromatic heterocycles. The molecule has 0 heterocycles. The van der Waals surface area contributed by atoms with E-state index in [-0.39, 0.29) is 5.41 Å². The first-order valence-corrected chi connectivity index (χ1v) is 8.79. The maximum absolute atomic E-state index is 12.8. The average Bonchev–Trinajstić information content (AvgIpc) is 2.44. The molecule has 5 aliphatic carbocycles. The fourth-order valence-corrected chi connectivity index (χ4v) is 5.94. The van der Waals surface area contributed by atoms with Crippen LogP contribution in [0.4, 0.5) is 0 Å². The van der Waals surface area contributed by atoms with Crippen molar-refractivity contribution >= 4 is 5.78 Å². The van der Waals surface area contributed by atoms with E-state index in [2.05, 4.69) is 11.8 Å². The van der Waals surface area contributed by atoms with E-state index in [0.29, 0.717) is 11.7 Å². The number of ketones is 1. The normalized spacial score (nSPS) is 43.1. The maximum Gasteiger partial charge on any atom is 0.211 e. The fourth-order valence-electron chi connectivity index (χ4n) is 5.94. The van der Waals surface area contributed by atoms with Crippen LogP contribution >= 0.6 is 0 Å². The summed E-state index contributed by atoms with van der Waals surface area (Å²) in [6.45, 7) is 0. The van der Waals surface area contributed by atoms with Crippen molar-refractivity contribution in [1.29, 1.82) is 0 Å². The topological polar surface area (TPSA) is 17.1 Å². The van der Waals surface area contributed by atoms with Gasteiger partial charge < -0.3 is 0 Å². The van der Waals surface area contributed by atoms with E-state index in [9.17, 15) is 4.79 Å². The molecule has 0 radical (unpaired) electrons. The smallest absolute Gasteiger partial charge is 0.211 e. The standard InChI is InChI=1S/C19H26O/c20-18(7-6-14-4-2-1-3-5-14)19-11-15-8-16(12-19)10-17(9-15)13-19/h14-17H,1-5,8-13H2. The van der Waals surface area contributed by atoms with Crippen molar-refractivity contribution in [3.8, 4) is 11.8 Å². The van der Waals surface area contributed by atoms with Gasteiger partial charge in [-0.1, -0.05) is 25.2 Å². The largest absolute Gasteiger partial charge is 0.284 e. The SMILES string of the molecule is O=C(C#CC1CCCCC1)C12CC3CC(CC(C3)C1)C2. The molecule has 0 N–H and O–H groups in total. The summed E-state index contributed by atoms with van der Waals surface area (Å²) in [5.41, 5.74) is -0.00355. The van der Waals surface area contributed by atoms with Crippen LogP contribution < -0.4 is 0 Å². The monoisotopic (exact) mass is 270 g/mol. The van der Waals surface area contributed by atoms with E-state index < -0.39 is 0 Å². The summed E-state index contributed by atoms with van der Waals surface area (Å²) in [5.74, 6) is 9.85. The van der Waals surface area contributed by atoms with E-state index in [4.69, 9.17) is 0 Å². The minimum atomic E-state index is -0.00355. The second-order valence-electron chi connectivity index (χ2n) is 8.13. The molecule has 0 unspecified atom stereocenters. The second kappa shape index (κ2) is 4.90. The molecule has 4 bridgehead atoms. The molecular weight excluding hydrogens is 244 g/mol. The average molecular weight is 270 g/mol. The van der Waals surface area contributed by atoms with Gasteiger partial charge in [0.15, 0.2) is 0 Å². The van der Waals surface area contributed by atoms with Gasteiger partial charge in [0.05, 0.1) is 0 Å². The molecule has 5 fully saturated rings. The van der Waals surface area contributed by atoms with E-state index in [1.165, 1.54) is 51.4 Å². The van der Waals surface area contributed by atoms with Crippen LogP contribution in [0, 0.1) is 40.9 Å². The van der Waals surface area contributed by atoms with Gasteiger partial charge >= 0.3 is 0 Å². The van der Waals surface area contributed by atoms with Crippen molar-refractivity contribution in [3.05, 3.63) is 0 Å². The van der Waals surface area contributed by atoms with E-state index in [1.807, 2.05) is 0 Å². The van der Waals surface area contributed by atoms with Crippen LogP contribution in [0.5, 0.6) is 0 Å². The Morgan fingerprint density at radius 2 is 1.40 bits per heavy atom.